The van der Waals surface area contributed by atoms with Crippen LogP contribution in [0.2, 0.25) is 0 Å². The molecule has 0 bridgehead atoms. The lowest BCUT2D eigenvalue weighted by Crippen LogP contribution is -2.59. The van der Waals surface area contributed by atoms with Gasteiger partial charge >= 0.3 is 0 Å². The zero-order valence-corrected chi connectivity index (χ0v) is 17.4. The summed E-state index contributed by atoms with van der Waals surface area (Å²) in [6, 6.07) is 27.0. The molecular weight excluding hydrogens is 391 g/mol. The van der Waals surface area contributed by atoms with Gasteiger partial charge in [0.15, 0.2) is 0 Å². The summed E-state index contributed by atoms with van der Waals surface area (Å²) in [7, 11) is 0. The van der Waals surface area contributed by atoms with Crippen LogP contribution in [-0.2, 0) is 0 Å². The van der Waals surface area contributed by atoms with Crippen LogP contribution in [0.3, 0.4) is 0 Å². The minimum Gasteiger partial charge on any atom is -0.301 e. The second-order valence-electron chi connectivity index (χ2n) is 9.23. The van der Waals surface area contributed by atoms with Gasteiger partial charge in [-0.15, -0.1) is 0 Å². The fourth-order valence-electron chi connectivity index (χ4n) is 6.55. The molecule has 0 aliphatic carbocycles. The summed E-state index contributed by atoms with van der Waals surface area (Å²) in [6.45, 7) is 2.46. The summed E-state index contributed by atoms with van der Waals surface area (Å²) < 4.78 is 9.67. The lowest BCUT2D eigenvalue weighted by Gasteiger charge is -2.32. The molecule has 0 radical (unpaired) electrons. The lowest BCUT2D eigenvalue weighted by molar-refractivity contribution is 1.10. The van der Waals surface area contributed by atoms with Crippen LogP contribution >= 0.6 is 0 Å². The molecule has 0 amide bonds. The Morgan fingerprint density at radius 1 is 0.656 bits per heavy atom. The average Bonchev–Trinajstić information content (AvgIpc) is 3.56. The van der Waals surface area contributed by atoms with Crippen molar-refractivity contribution in [2.75, 3.05) is 0 Å². The van der Waals surface area contributed by atoms with Gasteiger partial charge < -0.3 is 8.80 Å². The minimum atomic E-state index is 0.234. The van der Waals surface area contributed by atoms with Gasteiger partial charge in [0.25, 0.3) is 6.71 Å². The van der Waals surface area contributed by atoms with E-state index in [1.807, 2.05) is 0 Å². The highest BCUT2D eigenvalue weighted by atomic mass is 15.2. The number of nitrogens with zero attached hydrogens (tertiary/aromatic N) is 4. The topological polar surface area (TPSA) is 18.7 Å². The number of imidazole rings is 2. The van der Waals surface area contributed by atoms with Gasteiger partial charge in [-0.3, -0.25) is 9.13 Å². The Balaban J connectivity index is 1.60. The number of aromatic nitrogens is 4. The summed E-state index contributed by atoms with van der Waals surface area (Å²) in [6.07, 6.45) is 4.43. The van der Waals surface area contributed by atoms with Gasteiger partial charge in [0.2, 0.25) is 0 Å². The van der Waals surface area contributed by atoms with Crippen LogP contribution in [0.5, 0.6) is 0 Å². The Morgan fingerprint density at radius 3 is 2.38 bits per heavy atom. The molecular formula is C27H17BN4. The van der Waals surface area contributed by atoms with E-state index in [4.69, 9.17) is 0 Å². The molecule has 7 aromatic rings. The van der Waals surface area contributed by atoms with Gasteiger partial charge in [0.1, 0.15) is 11.3 Å². The van der Waals surface area contributed by atoms with E-state index in [1.54, 1.807) is 0 Å². The Kier molecular flexibility index (Phi) is 2.38. The minimum absolute atomic E-state index is 0.234. The first-order valence-corrected chi connectivity index (χ1v) is 11.2. The van der Waals surface area contributed by atoms with Gasteiger partial charge in [-0.05, 0) is 77.4 Å². The predicted octanol–water partition coefficient (Wildman–Crippen LogP) is 3.53. The molecule has 0 atom stereocenters. The molecule has 4 nitrogen and oxygen atoms in total. The van der Waals surface area contributed by atoms with E-state index in [0.717, 1.165) is 0 Å². The predicted molar refractivity (Wildman–Crippen MR) is 131 cm³/mol. The molecule has 4 aromatic heterocycles. The number of hydrogen-bond acceptors (Lipinski definition) is 0. The molecule has 0 spiro atoms. The second kappa shape index (κ2) is 4.86. The average molecular weight is 408 g/mol. The van der Waals surface area contributed by atoms with Gasteiger partial charge in [-0.25, -0.2) is 0 Å². The van der Waals surface area contributed by atoms with Crippen molar-refractivity contribution in [2.45, 2.75) is 6.92 Å². The van der Waals surface area contributed by atoms with Crippen molar-refractivity contribution in [3.05, 3.63) is 90.8 Å². The number of fused-ring (bicyclic) bond motifs is 10. The number of benzene rings is 3. The SMILES string of the molecule is Cc1cc2c3c(c1)-n1c4ccccc4n4ccc(c14)B3c1cccc3c1n-2c1cccn31. The van der Waals surface area contributed by atoms with Crippen LogP contribution in [0.15, 0.2) is 85.2 Å². The molecule has 0 N–H and O–H groups in total. The largest absolute Gasteiger partial charge is 0.301 e. The van der Waals surface area contributed by atoms with Gasteiger partial charge in [-0.2, -0.15) is 0 Å². The molecule has 0 fully saturated rings. The van der Waals surface area contributed by atoms with E-state index < -0.39 is 0 Å². The van der Waals surface area contributed by atoms with Crippen molar-refractivity contribution in [2.24, 2.45) is 0 Å². The number of hydrogen-bond donors (Lipinski definition) is 0. The van der Waals surface area contributed by atoms with Gasteiger partial charge in [-0.1, -0.05) is 24.3 Å². The highest BCUT2D eigenvalue weighted by Gasteiger charge is 2.41. The van der Waals surface area contributed by atoms with E-state index in [1.165, 1.54) is 66.7 Å². The Hall–Kier alpha value is -4.12. The molecule has 3 aromatic carbocycles. The van der Waals surface area contributed by atoms with Crippen LogP contribution in [0.4, 0.5) is 0 Å². The number of aryl methyl sites for hydroxylation is 1. The van der Waals surface area contributed by atoms with E-state index in [0.29, 0.717) is 0 Å². The van der Waals surface area contributed by atoms with Crippen molar-refractivity contribution >= 4 is 56.5 Å². The first-order valence-electron chi connectivity index (χ1n) is 11.2. The van der Waals surface area contributed by atoms with Crippen molar-refractivity contribution in [3.63, 3.8) is 0 Å². The van der Waals surface area contributed by atoms with Crippen molar-refractivity contribution in [1.29, 1.82) is 0 Å². The highest BCUT2D eigenvalue weighted by molar-refractivity contribution is 7.00. The molecule has 148 valence electrons. The van der Waals surface area contributed by atoms with E-state index in [-0.39, 0.29) is 6.71 Å². The van der Waals surface area contributed by atoms with E-state index in [2.05, 4.69) is 110 Å². The maximum Gasteiger partial charge on any atom is 0.254 e. The molecule has 5 heteroatoms. The summed E-state index contributed by atoms with van der Waals surface area (Å²) in [5.74, 6) is 0. The smallest absolute Gasteiger partial charge is 0.254 e. The Morgan fingerprint density at radius 2 is 1.47 bits per heavy atom. The fraction of sp³-hybridized carbons (Fsp3) is 0.0370. The van der Waals surface area contributed by atoms with E-state index >= 15 is 0 Å². The molecule has 0 unspecified atom stereocenters. The fourth-order valence-corrected chi connectivity index (χ4v) is 6.55. The third-order valence-corrected chi connectivity index (χ3v) is 7.64. The Bertz CT molecular complexity index is 1960. The van der Waals surface area contributed by atoms with Gasteiger partial charge in [0.05, 0.1) is 22.1 Å². The zero-order chi connectivity index (χ0) is 20.7. The molecule has 0 saturated carbocycles. The Labute approximate surface area is 183 Å². The maximum absolute atomic E-state index is 2.48. The van der Waals surface area contributed by atoms with E-state index in [9.17, 15) is 0 Å². The summed E-state index contributed by atoms with van der Waals surface area (Å²) in [4.78, 5) is 0. The number of para-hydroxylation sites is 3. The molecule has 6 heterocycles. The van der Waals surface area contributed by atoms with Crippen LogP contribution in [0.25, 0.3) is 44.7 Å². The second-order valence-corrected chi connectivity index (χ2v) is 9.23. The van der Waals surface area contributed by atoms with Crippen LogP contribution in [-0.4, -0.2) is 24.6 Å². The van der Waals surface area contributed by atoms with Crippen LogP contribution in [0, 0.1) is 6.92 Å². The summed E-state index contributed by atoms with van der Waals surface area (Å²) in [5, 5.41) is 0. The number of rotatable bonds is 0. The highest BCUT2D eigenvalue weighted by Crippen LogP contribution is 2.34. The molecule has 0 saturated heterocycles. The maximum atomic E-state index is 2.48. The third kappa shape index (κ3) is 1.49. The molecule has 9 rings (SSSR count). The third-order valence-electron chi connectivity index (χ3n) is 7.64. The van der Waals surface area contributed by atoms with Crippen molar-refractivity contribution < 1.29 is 0 Å². The summed E-state index contributed by atoms with van der Waals surface area (Å²) >= 11 is 0. The quantitative estimate of drug-likeness (QED) is 0.342. The zero-order valence-electron chi connectivity index (χ0n) is 17.4. The van der Waals surface area contributed by atoms with Crippen LogP contribution in [0.1, 0.15) is 5.56 Å². The van der Waals surface area contributed by atoms with Crippen LogP contribution < -0.4 is 16.4 Å². The lowest BCUT2D eigenvalue weighted by atomic mass is 9.34. The summed E-state index contributed by atoms with van der Waals surface area (Å²) in [5.41, 5.74) is 15.8. The normalized spacial score (nSPS) is 13.7. The van der Waals surface area contributed by atoms with Crippen molar-refractivity contribution in [3.8, 4) is 11.4 Å². The van der Waals surface area contributed by atoms with Crippen molar-refractivity contribution in [1.82, 2.24) is 17.9 Å². The standard InChI is InChI=1S/C27H17BN4/c1-16-14-22-25-23(15-16)32-24-10-5-12-29(24)21-9-4-6-17(26(21)32)28(25)18-11-13-30-19-7-2-3-8-20(19)31(22)27(18)30/h2-15H,1H3. The molecule has 2 aliphatic rings. The first-order chi connectivity index (χ1) is 15.8. The monoisotopic (exact) mass is 408 g/mol. The van der Waals surface area contributed by atoms with Gasteiger partial charge in [0, 0.05) is 23.8 Å². The first kappa shape index (κ1) is 15.7. The molecule has 32 heavy (non-hydrogen) atoms. The molecule has 2 aliphatic heterocycles.